The van der Waals surface area contributed by atoms with Crippen molar-refractivity contribution in [1.82, 2.24) is 10.2 Å². The maximum absolute atomic E-state index is 5.50. The summed E-state index contributed by atoms with van der Waals surface area (Å²) in [5.41, 5.74) is -0.00206. The summed E-state index contributed by atoms with van der Waals surface area (Å²) in [6, 6.07) is 1.27. The maximum Gasteiger partial charge on any atom is 0.0634 e. The number of hydrogen-bond acceptors (Lipinski definition) is 3. The number of piperazine rings is 1. The van der Waals surface area contributed by atoms with Gasteiger partial charge < -0.3 is 10.1 Å². The van der Waals surface area contributed by atoms with Gasteiger partial charge in [0.25, 0.3) is 0 Å². The normalized spacial score (nSPS) is 27.7. The van der Waals surface area contributed by atoms with Gasteiger partial charge >= 0.3 is 0 Å². The Bertz CT molecular complexity index is 228. The minimum atomic E-state index is -0.00206. The lowest BCUT2D eigenvalue weighted by Crippen LogP contribution is -2.57. The van der Waals surface area contributed by atoms with Crippen LogP contribution in [0.15, 0.2) is 0 Å². The van der Waals surface area contributed by atoms with Gasteiger partial charge in [-0.2, -0.15) is 0 Å². The van der Waals surface area contributed by atoms with Crippen LogP contribution in [0, 0.1) is 5.92 Å². The second-order valence-corrected chi connectivity index (χ2v) is 6.32. The second kappa shape index (κ2) is 6.17. The molecule has 1 fully saturated rings. The standard InChI is InChI=1S/C14H30N2O/c1-11(2)13-10-16(12(3)9-15-13)8-7-14(4,5)17-6/h11-13,15H,7-10H2,1-6H3. The first-order valence-corrected chi connectivity index (χ1v) is 6.88. The molecule has 0 saturated carbocycles. The van der Waals surface area contributed by atoms with Crippen LogP contribution in [0.5, 0.6) is 0 Å². The average Bonchev–Trinajstić information content (AvgIpc) is 2.27. The Morgan fingerprint density at radius 3 is 2.59 bits per heavy atom. The summed E-state index contributed by atoms with van der Waals surface area (Å²) in [4.78, 5) is 2.60. The minimum Gasteiger partial charge on any atom is -0.379 e. The number of ether oxygens (including phenoxy) is 1. The molecule has 0 aromatic heterocycles. The molecule has 0 amide bonds. The first-order chi connectivity index (χ1) is 7.85. The summed E-state index contributed by atoms with van der Waals surface area (Å²) in [5.74, 6) is 0.709. The van der Waals surface area contributed by atoms with E-state index in [-0.39, 0.29) is 5.60 Å². The summed E-state index contributed by atoms with van der Waals surface area (Å²) >= 11 is 0. The molecule has 0 bridgehead atoms. The van der Waals surface area contributed by atoms with E-state index in [9.17, 15) is 0 Å². The molecule has 2 unspecified atom stereocenters. The molecule has 3 nitrogen and oxygen atoms in total. The molecule has 0 spiro atoms. The van der Waals surface area contributed by atoms with Crippen LogP contribution in [-0.4, -0.2) is 49.3 Å². The summed E-state index contributed by atoms with van der Waals surface area (Å²) in [6.45, 7) is 14.6. The van der Waals surface area contributed by atoms with Gasteiger partial charge in [0.1, 0.15) is 0 Å². The van der Waals surface area contributed by atoms with E-state index in [1.165, 1.54) is 6.54 Å². The van der Waals surface area contributed by atoms with Gasteiger partial charge in [-0.3, -0.25) is 4.90 Å². The lowest BCUT2D eigenvalue weighted by molar-refractivity contribution is -0.000223. The summed E-state index contributed by atoms with van der Waals surface area (Å²) in [6.07, 6.45) is 1.10. The van der Waals surface area contributed by atoms with Crippen molar-refractivity contribution in [3.8, 4) is 0 Å². The number of nitrogens with zero attached hydrogens (tertiary/aromatic N) is 1. The van der Waals surface area contributed by atoms with E-state index in [1.54, 1.807) is 7.11 Å². The minimum absolute atomic E-state index is 0.00206. The topological polar surface area (TPSA) is 24.5 Å². The number of hydrogen-bond donors (Lipinski definition) is 1. The van der Waals surface area contributed by atoms with Crippen LogP contribution in [0.1, 0.15) is 41.0 Å². The van der Waals surface area contributed by atoms with Crippen LogP contribution in [0.2, 0.25) is 0 Å². The molecule has 0 aromatic carbocycles. The first kappa shape index (κ1) is 14.9. The molecule has 3 heteroatoms. The van der Waals surface area contributed by atoms with Crippen molar-refractivity contribution in [1.29, 1.82) is 0 Å². The van der Waals surface area contributed by atoms with Crippen molar-refractivity contribution in [3.05, 3.63) is 0 Å². The van der Waals surface area contributed by atoms with Gasteiger partial charge in [0.15, 0.2) is 0 Å². The molecule has 0 radical (unpaired) electrons. The molecule has 1 rings (SSSR count). The van der Waals surface area contributed by atoms with Crippen LogP contribution in [-0.2, 0) is 4.74 Å². The highest BCUT2D eigenvalue weighted by Gasteiger charge is 2.28. The molecular formula is C14H30N2O. The molecule has 17 heavy (non-hydrogen) atoms. The zero-order chi connectivity index (χ0) is 13.1. The molecule has 1 N–H and O–H groups in total. The van der Waals surface area contributed by atoms with Gasteiger partial charge in [0.2, 0.25) is 0 Å². The van der Waals surface area contributed by atoms with E-state index in [0.717, 1.165) is 19.5 Å². The molecule has 2 atom stereocenters. The largest absolute Gasteiger partial charge is 0.379 e. The fourth-order valence-electron chi connectivity index (χ4n) is 2.22. The third kappa shape index (κ3) is 4.57. The van der Waals surface area contributed by atoms with Crippen molar-refractivity contribution in [2.45, 2.75) is 58.7 Å². The van der Waals surface area contributed by atoms with E-state index in [1.807, 2.05) is 0 Å². The van der Waals surface area contributed by atoms with Gasteiger partial charge in [-0.15, -0.1) is 0 Å². The van der Waals surface area contributed by atoms with Gasteiger partial charge in [-0.25, -0.2) is 0 Å². The summed E-state index contributed by atoms with van der Waals surface area (Å²) in [7, 11) is 1.80. The Labute approximate surface area is 107 Å². The molecule has 0 aliphatic carbocycles. The summed E-state index contributed by atoms with van der Waals surface area (Å²) in [5, 5.41) is 3.64. The molecular weight excluding hydrogens is 212 g/mol. The monoisotopic (exact) mass is 242 g/mol. The van der Waals surface area contributed by atoms with Crippen LogP contribution in [0.3, 0.4) is 0 Å². The molecule has 102 valence electrons. The van der Waals surface area contributed by atoms with Crippen LogP contribution in [0.4, 0.5) is 0 Å². The van der Waals surface area contributed by atoms with Gasteiger partial charge in [0.05, 0.1) is 5.60 Å². The van der Waals surface area contributed by atoms with E-state index < -0.39 is 0 Å². The van der Waals surface area contributed by atoms with Gasteiger partial charge in [0, 0.05) is 38.8 Å². The third-order valence-corrected chi connectivity index (χ3v) is 4.09. The van der Waals surface area contributed by atoms with Crippen molar-refractivity contribution >= 4 is 0 Å². The fourth-order valence-corrected chi connectivity index (χ4v) is 2.22. The zero-order valence-electron chi connectivity index (χ0n) is 12.4. The first-order valence-electron chi connectivity index (χ1n) is 6.88. The smallest absolute Gasteiger partial charge is 0.0634 e. The van der Waals surface area contributed by atoms with E-state index in [0.29, 0.717) is 18.0 Å². The quantitative estimate of drug-likeness (QED) is 0.799. The number of nitrogens with one attached hydrogen (secondary N) is 1. The highest BCUT2D eigenvalue weighted by molar-refractivity contribution is 4.86. The fraction of sp³-hybridized carbons (Fsp3) is 1.00. The van der Waals surface area contributed by atoms with Gasteiger partial charge in [-0.1, -0.05) is 13.8 Å². The molecule has 1 aliphatic rings. The lowest BCUT2D eigenvalue weighted by atomic mass is 9.98. The Kier molecular flexibility index (Phi) is 5.42. The Morgan fingerprint density at radius 1 is 1.41 bits per heavy atom. The van der Waals surface area contributed by atoms with Crippen LogP contribution >= 0.6 is 0 Å². The number of rotatable bonds is 5. The molecule has 1 saturated heterocycles. The van der Waals surface area contributed by atoms with E-state index in [4.69, 9.17) is 4.74 Å². The van der Waals surface area contributed by atoms with E-state index in [2.05, 4.69) is 44.8 Å². The maximum atomic E-state index is 5.50. The van der Waals surface area contributed by atoms with Crippen LogP contribution < -0.4 is 5.32 Å². The molecule has 1 aliphatic heterocycles. The highest BCUT2D eigenvalue weighted by Crippen LogP contribution is 2.18. The van der Waals surface area contributed by atoms with Crippen molar-refractivity contribution in [2.24, 2.45) is 5.92 Å². The predicted molar refractivity (Wildman–Crippen MR) is 73.4 cm³/mol. The van der Waals surface area contributed by atoms with E-state index >= 15 is 0 Å². The van der Waals surface area contributed by atoms with Crippen molar-refractivity contribution < 1.29 is 4.74 Å². The third-order valence-electron chi connectivity index (χ3n) is 4.09. The SMILES string of the molecule is COC(C)(C)CCN1CC(C(C)C)NCC1C. The van der Waals surface area contributed by atoms with Crippen molar-refractivity contribution in [2.75, 3.05) is 26.7 Å². The average molecular weight is 242 g/mol. The Morgan fingerprint density at radius 2 is 2.06 bits per heavy atom. The lowest BCUT2D eigenvalue weighted by Gasteiger charge is -2.41. The number of methoxy groups -OCH3 is 1. The molecule has 0 aromatic rings. The van der Waals surface area contributed by atoms with Crippen molar-refractivity contribution in [3.63, 3.8) is 0 Å². The van der Waals surface area contributed by atoms with Gasteiger partial charge in [-0.05, 0) is 33.1 Å². The second-order valence-electron chi connectivity index (χ2n) is 6.32. The predicted octanol–water partition coefficient (Wildman–Crippen LogP) is 2.12. The zero-order valence-corrected chi connectivity index (χ0v) is 12.4. The Balaban J connectivity index is 2.45. The van der Waals surface area contributed by atoms with Crippen LogP contribution in [0.25, 0.3) is 0 Å². The molecule has 1 heterocycles. The highest BCUT2D eigenvalue weighted by atomic mass is 16.5. The summed E-state index contributed by atoms with van der Waals surface area (Å²) < 4.78 is 5.50. The Hall–Kier alpha value is -0.120.